The van der Waals surface area contributed by atoms with Gasteiger partial charge in [-0.1, -0.05) is 0 Å². The van der Waals surface area contributed by atoms with Crippen molar-refractivity contribution in [2.24, 2.45) is 0 Å². The molecule has 1 rings (SSSR count). The number of carbonyl (C=O) groups excluding carboxylic acids is 1. The number of nitrogens with one attached hydrogen (secondary N) is 2. The van der Waals surface area contributed by atoms with Crippen LogP contribution in [0.4, 0.5) is 5.69 Å². The number of aromatic nitrogens is 2. The van der Waals surface area contributed by atoms with Crippen molar-refractivity contribution in [2.45, 2.75) is 19.4 Å². The molecule has 1 aromatic rings. The third-order valence-electron chi connectivity index (χ3n) is 2.29. The zero-order valence-corrected chi connectivity index (χ0v) is 11.0. The number of H-pyrrole nitrogens is 1. The summed E-state index contributed by atoms with van der Waals surface area (Å²) in [5, 5.41) is 19.0. The van der Waals surface area contributed by atoms with Gasteiger partial charge >= 0.3 is 0 Å². The predicted octanol–water partition coefficient (Wildman–Crippen LogP) is 0.144. The minimum Gasteiger partial charge on any atom is -0.395 e. The fraction of sp³-hybridized carbons (Fsp3) is 0.600. The molecule has 1 amide bonds. The lowest BCUT2D eigenvalue weighted by Crippen LogP contribution is -2.42. The van der Waals surface area contributed by atoms with Gasteiger partial charge in [0.1, 0.15) is 0 Å². The molecule has 6 nitrogen and oxygen atoms in total. The van der Waals surface area contributed by atoms with E-state index in [4.69, 9.17) is 5.73 Å². The zero-order chi connectivity index (χ0) is 13.1. The molecular weight excluding hydrogens is 240 g/mol. The summed E-state index contributed by atoms with van der Waals surface area (Å²) >= 11 is 1.52. The molecule has 96 valence electrons. The molecule has 5 N–H and O–H groups in total. The van der Waals surface area contributed by atoms with Crippen LogP contribution in [0.1, 0.15) is 23.1 Å². The first-order valence-corrected chi connectivity index (χ1v) is 6.57. The highest BCUT2D eigenvalue weighted by molar-refractivity contribution is 7.98. The fourth-order valence-electron chi connectivity index (χ4n) is 1.33. The summed E-state index contributed by atoms with van der Waals surface area (Å²) in [5.74, 6) is 0.163. The van der Waals surface area contributed by atoms with E-state index >= 15 is 0 Å². The molecule has 0 aliphatic rings. The Morgan fingerprint density at radius 2 is 2.35 bits per heavy atom. The van der Waals surface area contributed by atoms with Crippen molar-refractivity contribution in [3.05, 3.63) is 11.4 Å². The van der Waals surface area contributed by atoms with Crippen LogP contribution in [0.15, 0.2) is 0 Å². The van der Waals surface area contributed by atoms with Crippen molar-refractivity contribution >= 4 is 23.4 Å². The van der Waals surface area contributed by atoms with Crippen molar-refractivity contribution in [1.29, 1.82) is 0 Å². The predicted molar refractivity (Wildman–Crippen MR) is 69.1 cm³/mol. The standard InChI is InChI=1S/C10H18N4O2S/c1-6-7(11)8(14-13-6)9(15)12-4-10(2,16)5-17-3/h16H,4-5,11H2,1-3H3,(H,12,15)(H,13,14). The summed E-state index contributed by atoms with van der Waals surface area (Å²) in [6.07, 6.45) is 1.89. The van der Waals surface area contributed by atoms with Crippen molar-refractivity contribution in [3.63, 3.8) is 0 Å². The Bertz CT molecular complexity index is 403. The molecule has 0 spiro atoms. The van der Waals surface area contributed by atoms with Crippen molar-refractivity contribution in [2.75, 3.05) is 24.3 Å². The summed E-state index contributed by atoms with van der Waals surface area (Å²) in [6, 6.07) is 0. The number of thioether (sulfide) groups is 1. The average Bonchev–Trinajstić information content (AvgIpc) is 2.57. The van der Waals surface area contributed by atoms with Gasteiger partial charge in [-0.3, -0.25) is 9.89 Å². The molecule has 1 heterocycles. The van der Waals surface area contributed by atoms with Crippen molar-refractivity contribution < 1.29 is 9.90 Å². The second kappa shape index (κ2) is 5.42. The van der Waals surface area contributed by atoms with E-state index < -0.39 is 5.60 Å². The Morgan fingerprint density at radius 1 is 1.71 bits per heavy atom. The SMILES string of the molecule is CSCC(C)(O)CNC(=O)c1n[nH]c(C)c1N. The maximum atomic E-state index is 11.7. The van der Waals surface area contributed by atoms with E-state index in [0.717, 1.165) is 0 Å². The van der Waals surface area contributed by atoms with E-state index in [-0.39, 0.29) is 18.1 Å². The van der Waals surface area contributed by atoms with Crippen molar-refractivity contribution in [3.8, 4) is 0 Å². The highest BCUT2D eigenvalue weighted by Gasteiger charge is 2.22. The molecule has 17 heavy (non-hydrogen) atoms. The molecule has 0 fully saturated rings. The molecule has 0 saturated heterocycles. The quantitative estimate of drug-likeness (QED) is 0.601. The number of rotatable bonds is 5. The fourth-order valence-corrected chi connectivity index (χ4v) is 2.05. The normalized spacial score (nSPS) is 14.4. The Morgan fingerprint density at radius 3 is 2.82 bits per heavy atom. The summed E-state index contributed by atoms with van der Waals surface area (Å²) in [6.45, 7) is 3.57. The van der Waals surface area contributed by atoms with Gasteiger partial charge in [0.05, 0.1) is 17.0 Å². The number of nitrogen functional groups attached to an aromatic ring is 1. The Hall–Kier alpha value is -1.21. The number of nitrogens with zero attached hydrogens (tertiary/aromatic N) is 1. The van der Waals surface area contributed by atoms with Crippen LogP contribution >= 0.6 is 11.8 Å². The average molecular weight is 258 g/mol. The van der Waals surface area contributed by atoms with Crippen LogP contribution in [0.2, 0.25) is 0 Å². The second-order valence-electron chi connectivity index (χ2n) is 4.22. The molecule has 1 unspecified atom stereocenters. The molecule has 1 aromatic heterocycles. The first-order valence-electron chi connectivity index (χ1n) is 5.17. The first-order chi connectivity index (χ1) is 7.87. The minimum absolute atomic E-state index is 0.165. The van der Waals surface area contributed by atoms with Crippen LogP contribution in [0.25, 0.3) is 0 Å². The summed E-state index contributed by atoms with van der Waals surface area (Å²) in [4.78, 5) is 11.7. The number of carbonyl (C=O) groups is 1. The maximum absolute atomic E-state index is 11.7. The summed E-state index contributed by atoms with van der Waals surface area (Å²) < 4.78 is 0. The van der Waals surface area contributed by atoms with E-state index in [1.165, 1.54) is 11.8 Å². The van der Waals surface area contributed by atoms with Gasteiger partial charge in [0.25, 0.3) is 5.91 Å². The number of nitrogens with two attached hydrogens (primary N) is 1. The number of anilines is 1. The molecule has 0 saturated carbocycles. The Labute approximate surface area is 104 Å². The van der Waals surface area contributed by atoms with E-state index in [0.29, 0.717) is 17.1 Å². The molecule has 1 atom stereocenters. The number of hydrogen-bond acceptors (Lipinski definition) is 5. The zero-order valence-electron chi connectivity index (χ0n) is 10.2. The molecule has 0 radical (unpaired) electrons. The maximum Gasteiger partial charge on any atom is 0.274 e. The van der Waals surface area contributed by atoms with Gasteiger partial charge in [-0.25, -0.2) is 0 Å². The van der Waals surface area contributed by atoms with E-state index in [1.807, 2.05) is 6.26 Å². The van der Waals surface area contributed by atoms with Crippen molar-refractivity contribution in [1.82, 2.24) is 15.5 Å². The molecular formula is C10H18N4O2S. The van der Waals surface area contributed by atoms with Crippen LogP contribution < -0.4 is 11.1 Å². The Kier molecular flexibility index (Phi) is 4.41. The molecule has 0 bridgehead atoms. The topological polar surface area (TPSA) is 104 Å². The van der Waals surface area contributed by atoms with Gasteiger partial charge < -0.3 is 16.2 Å². The third kappa shape index (κ3) is 3.64. The van der Waals surface area contributed by atoms with Gasteiger partial charge in [-0.2, -0.15) is 16.9 Å². The lowest BCUT2D eigenvalue weighted by Gasteiger charge is -2.22. The van der Waals surface area contributed by atoms with Gasteiger partial charge in [0, 0.05) is 12.3 Å². The first kappa shape index (κ1) is 13.9. The van der Waals surface area contributed by atoms with Gasteiger partial charge in [-0.15, -0.1) is 0 Å². The van der Waals surface area contributed by atoms with E-state index in [2.05, 4.69) is 15.5 Å². The lowest BCUT2D eigenvalue weighted by atomic mass is 10.1. The lowest BCUT2D eigenvalue weighted by molar-refractivity contribution is 0.0722. The number of aryl methyl sites for hydroxylation is 1. The second-order valence-corrected chi connectivity index (χ2v) is 5.09. The third-order valence-corrected chi connectivity index (χ3v) is 3.21. The smallest absolute Gasteiger partial charge is 0.274 e. The highest BCUT2D eigenvalue weighted by atomic mass is 32.2. The van der Waals surface area contributed by atoms with Gasteiger partial charge in [0.15, 0.2) is 5.69 Å². The van der Waals surface area contributed by atoms with Crippen LogP contribution in [0.5, 0.6) is 0 Å². The number of amides is 1. The molecule has 0 aliphatic carbocycles. The minimum atomic E-state index is -0.935. The van der Waals surface area contributed by atoms with E-state index in [1.54, 1.807) is 13.8 Å². The monoisotopic (exact) mass is 258 g/mol. The number of aromatic amines is 1. The van der Waals surface area contributed by atoms with Crippen LogP contribution in [0.3, 0.4) is 0 Å². The highest BCUT2D eigenvalue weighted by Crippen LogP contribution is 2.13. The molecule has 0 aliphatic heterocycles. The van der Waals surface area contributed by atoms with Crippen LogP contribution in [0, 0.1) is 6.92 Å². The van der Waals surface area contributed by atoms with Crippen LogP contribution in [-0.2, 0) is 0 Å². The van der Waals surface area contributed by atoms with E-state index in [9.17, 15) is 9.90 Å². The largest absolute Gasteiger partial charge is 0.395 e. The number of hydrogen-bond donors (Lipinski definition) is 4. The number of aliphatic hydroxyl groups is 1. The summed E-state index contributed by atoms with van der Waals surface area (Å²) in [5.41, 5.74) is 5.91. The molecule has 0 aromatic carbocycles. The van der Waals surface area contributed by atoms with Crippen LogP contribution in [-0.4, -0.2) is 45.4 Å². The Balaban J connectivity index is 2.59. The summed E-state index contributed by atoms with van der Waals surface area (Å²) in [7, 11) is 0. The van der Waals surface area contributed by atoms with Gasteiger partial charge in [0.2, 0.25) is 0 Å². The molecule has 7 heteroatoms. The van der Waals surface area contributed by atoms with Gasteiger partial charge in [-0.05, 0) is 20.1 Å².